The lowest BCUT2D eigenvalue weighted by atomic mass is 10.2. The number of halogens is 1. The van der Waals surface area contributed by atoms with E-state index in [1.54, 1.807) is 0 Å². The molecule has 0 aliphatic heterocycles. The molecule has 5 heteroatoms. The monoisotopic (exact) mass is 258 g/mol. The molecule has 0 radical (unpaired) electrons. The Balaban J connectivity index is 0.00000256. The number of carbonyl (C=O) groups excluding carboxylic acids is 1. The van der Waals surface area contributed by atoms with Crippen molar-refractivity contribution in [3.8, 4) is 0 Å². The first-order valence-corrected chi connectivity index (χ1v) is 5.32. The lowest BCUT2D eigenvalue weighted by molar-refractivity contribution is -0.121. The Morgan fingerprint density at radius 1 is 1.35 bits per heavy atom. The first-order valence-electron chi connectivity index (χ1n) is 5.32. The Bertz CT molecular complexity index is 339. The third kappa shape index (κ3) is 6.26. The van der Waals surface area contributed by atoms with E-state index in [1.807, 2.05) is 38.1 Å². The van der Waals surface area contributed by atoms with E-state index >= 15 is 0 Å². The Morgan fingerprint density at radius 3 is 2.41 bits per heavy atom. The fourth-order valence-corrected chi connectivity index (χ4v) is 1.16. The molecular weight excluding hydrogens is 240 g/mol. The molecule has 17 heavy (non-hydrogen) atoms. The molecule has 0 atom stereocenters. The molecule has 0 unspecified atom stereocenters. The van der Waals surface area contributed by atoms with Crippen LogP contribution in [-0.4, -0.2) is 18.6 Å². The number of hydrogen-bond donors (Lipinski definition) is 2. The second kappa shape index (κ2) is 8.06. The Labute approximate surface area is 108 Å². The summed E-state index contributed by atoms with van der Waals surface area (Å²) in [6, 6.07) is 7.43. The van der Waals surface area contributed by atoms with Crippen LogP contribution >= 0.6 is 12.4 Å². The van der Waals surface area contributed by atoms with Crippen LogP contribution in [0.5, 0.6) is 0 Å². The van der Waals surface area contributed by atoms with E-state index in [0.29, 0.717) is 6.54 Å². The van der Waals surface area contributed by atoms with E-state index in [1.165, 1.54) is 0 Å². The van der Waals surface area contributed by atoms with Crippen molar-refractivity contribution in [1.82, 2.24) is 0 Å². The van der Waals surface area contributed by atoms with Crippen molar-refractivity contribution in [3.05, 3.63) is 29.8 Å². The number of rotatable bonds is 5. The SMILES string of the molecule is CC(C)OCC(=O)Nc1ccc(CN)cc1.Cl. The minimum absolute atomic E-state index is 0. The van der Waals surface area contributed by atoms with E-state index in [9.17, 15) is 4.79 Å². The summed E-state index contributed by atoms with van der Waals surface area (Å²) in [5, 5.41) is 2.74. The van der Waals surface area contributed by atoms with Crippen molar-refractivity contribution < 1.29 is 9.53 Å². The topological polar surface area (TPSA) is 64.3 Å². The van der Waals surface area contributed by atoms with Crippen molar-refractivity contribution in [1.29, 1.82) is 0 Å². The van der Waals surface area contributed by atoms with Gasteiger partial charge < -0.3 is 15.8 Å². The summed E-state index contributed by atoms with van der Waals surface area (Å²) in [4.78, 5) is 11.4. The normalized spacial score (nSPS) is 9.88. The van der Waals surface area contributed by atoms with Crippen LogP contribution < -0.4 is 11.1 Å². The second-order valence-electron chi connectivity index (χ2n) is 3.81. The van der Waals surface area contributed by atoms with Gasteiger partial charge in [0.1, 0.15) is 6.61 Å². The van der Waals surface area contributed by atoms with Crippen LogP contribution in [0.2, 0.25) is 0 Å². The predicted molar refractivity (Wildman–Crippen MR) is 71.3 cm³/mol. The highest BCUT2D eigenvalue weighted by Gasteiger charge is 2.03. The lowest BCUT2D eigenvalue weighted by Gasteiger charge is -2.08. The number of amides is 1. The van der Waals surface area contributed by atoms with Gasteiger partial charge in [0.25, 0.3) is 0 Å². The van der Waals surface area contributed by atoms with Crippen molar-refractivity contribution in [2.75, 3.05) is 11.9 Å². The third-order valence-corrected chi connectivity index (χ3v) is 2.02. The average Bonchev–Trinajstić information content (AvgIpc) is 2.27. The van der Waals surface area contributed by atoms with E-state index in [0.717, 1.165) is 11.3 Å². The molecule has 0 aromatic heterocycles. The van der Waals surface area contributed by atoms with Gasteiger partial charge in [-0.3, -0.25) is 4.79 Å². The highest BCUT2D eigenvalue weighted by atomic mass is 35.5. The molecule has 1 aromatic carbocycles. The van der Waals surface area contributed by atoms with Gasteiger partial charge in [-0.25, -0.2) is 0 Å². The second-order valence-corrected chi connectivity index (χ2v) is 3.81. The molecule has 1 amide bonds. The maximum absolute atomic E-state index is 11.4. The van der Waals surface area contributed by atoms with Crippen LogP contribution in [0.25, 0.3) is 0 Å². The zero-order chi connectivity index (χ0) is 12.0. The third-order valence-electron chi connectivity index (χ3n) is 2.02. The summed E-state index contributed by atoms with van der Waals surface area (Å²) >= 11 is 0. The Hall–Kier alpha value is -1.10. The summed E-state index contributed by atoms with van der Waals surface area (Å²) in [7, 11) is 0. The molecule has 0 bridgehead atoms. The van der Waals surface area contributed by atoms with Gasteiger partial charge in [0.15, 0.2) is 0 Å². The quantitative estimate of drug-likeness (QED) is 0.848. The molecule has 0 aliphatic carbocycles. The fraction of sp³-hybridized carbons (Fsp3) is 0.417. The van der Waals surface area contributed by atoms with Gasteiger partial charge in [-0.1, -0.05) is 12.1 Å². The summed E-state index contributed by atoms with van der Waals surface area (Å²) in [6.07, 6.45) is 0.0605. The van der Waals surface area contributed by atoms with E-state index in [2.05, 4.69) is 5.32 Å². The van der Waals surface area contributed by atoms with Gasteiger partial charge >= 0.3 is 0 Å². The molecule has 0 aliphatic rings. The van der Waals surface area contributed by atoms with Gasteiger partial charge in [-0.15, -0.1) is 12.4 Å². The smallest absolute Gasteiger partial charge is 0.250 e. The molecule has 0 fully saturated rings. The maximum atomic E-state index is 11.4. The van der Waals surface area contributed by atoms with Crippen molar-refractivity contribution >= 4 is 24.0 Å². The van der Waals surface area contributed by atoms with Crippen LogP contribution in [0, 0.1) is 0 Å². The molecule has 1 rings (SSSR count). The zero-order valence-corrected chi connectivity index (χ0v) is 10.9. The molecule has 0 spiro atoms. The van der Waals surface area contributed by atoms with E-state index in [-0.39, 0.29) is 31.0 Å². The molecule has 1 aromatic rings. The standard InChI is InChI=1S/C12H18N2O2.ClH/c1-9(2)16-8-12(15)14-11-5-3-10(7-13)4-6-11;/h3-6,9H,7-8,13H2,1-2H3,(H,14,15);1H. The number of carbonyl (C=O) groups is 1. The van der Waals surface area contributed by atoms with Crippen LogP contribution in [0.1, 0.15) is 19.4 Å². The average molecular weight is 259 g/mol. The van der Waals surface area contributed by atoms with Crippen molar-refractivity contribution in [2.24, 2.45) is 5.73 Å². The summed E-state index contributed by atoms with van der Waals surface area (Å²) < 4.78 is 5.19. The molecule has 0 saturated carbocycles. The van der Waals surface area contributed by atoms with Crippen LogP contribution in [0.4, 0.5) is 5.69 Å². The highest BCUT2D eigenvalue weighted by molar-refractivity contribution is 5.91. The number of ether oxygens (including phenoxy) is 1. The molecule has 0 saturated heterocycles. The molecule has 0 heterocycles. The first kappa shape index (κ1) is 15.9. The van der Waals surface area contributed by atoms with Crippen LogP contribution in [0.15, 0.2) is 24.3 Å². The van der Waals surface area contributed by atoms with Gasteiger partial charge in [0.05, 0.1) is 6.10 Å². The summed E-state index contributed by atoms with van der Waals surface area (Å²) in [5.74, 6) is -0.144. The molecule has 4 nitrogen and oxygen atoms in total. The highest BCUT2D eigenvalue weighted by Crippen LogP contribution is 2.08. The van der Waals surface area contributed by atoms with Crippen molar-refractivity contribution in [2.45, 2.75) is 26.5 Å². The number of nitrogens with one attached hydrogen (secondary N) is 1. The van der Waals surface area contributed by atoms with E-state index < -0.39 is 0 Å². The number of nitrogens with two attached hydrogens (primary N) is 1. The predicted octanol–water partition coefficient (Wildman–Crippen LogP) is 1.93. The molecular formula is C12H19ClN2O2. The number of hydrogen-bond acceptors (Lipinski definition) is 3. The van der Waals surface area contributed by atoms with Gasteiger partial charge in [0, 0.05) is 12.2 Å². The van der Waals surface area contributed by atoms with E-state index in [4.69, 9.17) is 10.5 Å². The molecule has 96 valence electrons. The number of anilines is 1. The summed E-state index contributed by atoms with van der Waals surface area (Å²) in [6.45, 7) is 4.37. The first-order chi connectivity index (χ1) is 7.61. The van der Waals surface area contributed by atoms with Gasteiger partial charge in [-0.2, -0.15) is 0 Å². The zero-order valence-electron chi connectivity index (χ0n) is 10.1. The lowest BCUT2D eigenvalue weighted by Crippen LogP contribution is -2.20. The minimum Gasteiger partial charge on any atom is -0.369 e. The van der Waals surface area contributed by atoms with Crippen molar-refractivity contribution in [3.63, 3.8) is 0 Å². The summed E-state index contributed by atoms with van der Waals surface area (Å²) in [5.41, 5.74) is 7.27. The van der Waals surface area contributed by atoms with Crippen LogP contribution in [0.3, 0.4) is 0 Å². The Kier molecular flexibility index (Phi) is 7.54. The van der Waals surface area contributed by atoms with Crippen LogP contribution in [-0.2, 0) is 16.1 Å². The fourth-order valence-electron chi connectivity index (χ4n) is 1.16. The van der Waals surface area contributed by atoms with Gasteiger partial charge in [-0.05, 0) is 31.5 Å². The largest absolute Gasteiger partial charge is 0.369 e. The Morgan fingerprint density at radius 2 is 1.94 bits per heavy atom. The number of benzene rings is 1. The van der Waals surface area contributed by atoms with Gasteiger partial charge in [0.2, 0.25) is 5.91 Å². The maximum Gasteiger partial charge on any atom is 0.250 e. The minimum atomic E-state index is -0.144. The molecule has 3 N–H and O–H groups in total.